The summed E-state index contributed by atoms with van der Waals surface area (Å²) in [6.07, 6.45) is -10.5. The average Bonchev–Trinajstić information content (AvgIpc) is 3.68. The number of thiophene rings is 1. The van der Waals surface area contributed by atoms with Gasteiger partial charge >= 0.3 is 17.4 Å². The van der Waals surface area contributed by atoms with Gasteiger partial charge in [0.1, 0.15) is 29.8 Å². The minimum Gasteiger partial charge on any atom is -0.476 e. The number of Topliss-reactive ketones (excluding diaryl/α,β-unsaturated/α-hetero) is 1. The number of nitrogens with zero attached hydrogens (tertiary/aromatic N) is 4. The van der Waals surface area contributed by atoms with E-state index < -0.39 is 83.8 Å². The van der Waals surface area contributed by atoms with Crippen molar-refractivity contribution >= 4 is 39.7 Å². The second-order valence-electron chi connectivity index (χ2n) is 10.7. The second kappa shape index (κ2) is 14.6. The number of aliphatic hydroxyl groups excluding tert-OH is 4. The van der Waals surface area contributed by atoms with Gasteiger partial charge in [-0.15, -0.1) is 16.4 Å². The van der Waals surface area contributed by atoms with Gasteiger partial charge in [-0.25, -0.2) is 18.3 Å². The third kappa shape index (κ3) is 7.72. The van der Waals surface area contributed by atoms with E-state index in [9.17, 15) is 58.8 Å². The average molecular weight is 701 g/mol. The number of carboxylic acid groups (broad SMARTS) is 1. The van der Waals surface area contributed by atoms with Crippen molar-refractivity contribution in [3.05, 3.63) is 56.7 Å². The molecule has 2 aromatic heterocycles. The van der Waals surface area contributed by atoms with Crippen LogP contribution in [0.2, 0.25) is 0 Å². The number of carboxylic acids is 1. The van der Waals surface area contributed by atoms with Crippen LogP contribution in [0.5, 0.6) is 5.75 Å². The van der Waals surface area contributed by atoms with Crippen molar-refractivity contribution in [2.24, 2.45) is 0 Å². The van der Waals surface area contributed by atoms with Gasteiger partial charge in [0, 0.05) is 13.0 Å². The van der Waals surface area contributed by atoms with Crippen LogP contribution in [-0.4, -0.2) is 106 Å². The quantitative estimate of drug-likeness (QED) is 0.0686. The first-order valence-electron chi connectivity index (χ1n) is 14.0. The molecule has 1 aliphatic heterocycles. The molecular formula is C27H30F2N6O12S. The molecule has 7 N–H and O–H groups in total. The largest absolute Gasteiger partial charge is 0.476 e. The summed E-state index contributed by atoms with van der Waals surface area (Å²) in [5.41, 5.74) is -0.932. The van der Waals surface area contributed by atoms with Gasteiger partial charge in [0.15, 0.2) is 10.8 Å². The van der Waals surface area contributed by atoms with Gasteiger partial charge in [-0.2, -0.15) is 0 Å². The number of nitrogens with one attached hydrogen (secondary N) is 2. The predicted molar refractivity (Wildman–Crippen MR) is 158 cm³/mol. The van der Waals surface area contributed by atoms with Crippen LogP contribution in [0.25, 0.3) is 5.69 Å². The molecule has 0 radical (unpaired) electrons. The molecule has 6 atom stereocenters. The standard InChI is InChI=1S/C27H30F2N6O12S/c1-11(37)20-6-16(35(44)45)25(48-20)30-8-13-9-34(33-32-13)14-3-4-19(15(5-14)24(28)29)46-27(26(42)43)7-17(39)21(31-12(2)38)23(47-27)22(41)18(40)10-36/h3-6,9,17-18,21-24,30,36,39-41H,7-8,10H2,1-2H3,(H,31,38)(H,42,43)/t17-,18+,21+,22+,23+,27+/m0/s1. The van der Waals surface area contributed by atoms with E-state index in [-0.39, 0.29) is 39.3 Å². The lowest BCUT2D eigenvalue weighted by atomic mass is 9.88. The number of aliphatic carboxylic acids is 1. The van der Waals surface area contributed by atoms with Crippen molar-refractivity contribution in [3.8, 4) is 11.4 Å². The highest BCUT2D eigenvalue weighted by molar-refractivity contribution is 7.18. The maximum absolute atomic E-state index is 14.3. The Balaban J connectivity index is 1.61. The molecule has 1 fully saturated rings. The first-order valence-corrected chi connectivity index (χ1v) is 14.8. The lowest BCUT2D eigenvalue weighted by Gasteiger charge is -2.46. The number of hydrogen-bond donors (Lipinski definition) is 7. The molecule has 1 amide bonds. The Morgan fingerprint density at radius 3 is 2.56 bits per heavy atom. The summed E-state index contributed by atoms with van der Waals surface area (Å²) in [4.78, 5) is 46.7. The minimum atomic E-state index is -3.26. The van der Waals surface area contributed by atoms with Gasteiger partial charge < -0.3 is 45.6 Å². The number of aliphatic hydroxyl groups is 4. The Hall–Kier alpha value is -4.67. The van der Waals surface area contributed by atoms with Gasteiger partial charge in [-0.3, -0.25) is 19.7 Å². The molecule has 0 unspecified atom stereocenters. The molecule has 3 heterocycles. The number of benzene rings is 1. The van der Waals surface area contributed by atoms with Crippen molar-refractivity contribution in [2.45, 2.75) is 69.5 Å². The molecule has 18 nitrogen and oxygen atoms in total. The predicted octanol–water partition coefficient (Wildman–Crippen LogP) is 0.518. The van der Waals surface area contributed by atoms with Crippen LogP contribution < -0.4 is 15.4 Å². The molecule has 1 aliphatic rings. The van der Waals surface area contributed by atoms with Crippen molar-refractivity contribution in [2.75, 3.05) is 11.9 Å². The maximum Gasteiger partial charge on any atom is 0.377 e. The van der Waals surface area contributed by atoms with Gasteiger partial charge in [0.2, 0.25) is 5.91 Å². The van der Waals surface area contributed by atoms with Gasteiger partial charge in [0.25, 0.3) is 6.43 Å². The first-order chi connectivity index (χ1) is 22.6. The molecule has 260 valence electrons. The summed E-state index contributed by atoms with van der Waals surface area (Å²) in [6.45, 7) is 1.20. The fraction of sp³-hybridized carbons (Fsp3) is 0.444. The molecule has 0 saturated carbocycles. The third-order valence-electron chi connectivity index (χ3n) is 7.18. The number of anilines is 1. The Morgan fingerprint density at radius 2 is 1.98 bits per heavy atom. The van der Waals surface area contributed by atoms with Crippen molar-refractivity contribution in [1.82, 2.24) is 20.3 Å². The summed E-state index contributed by atoms with van der Waals surface area (Å²) in [6, 6.07) is 2.74. The zero-order chi connectivity index (χ0) is 35.5. The van der Waals surface area contributed by atoms with Crippen LogP contribution in [0.4, 0.5) is 19.5 Å². The molecule has 1 saturated heterocycles. The Labute approximate surface area is 272 Å². The number of nitro groups is 1. The van der Waals surface area contributed by atoms with Crippen molar-refractivity contribution in [3.63, 3.8) is 0 Å². The highest BCUT2D eigenvalue weighted by Gasteiger charge is 2.57. The number of rotatable bonds is 14. The normalized spacial score (nSPS) is 22.1. The van der Waals surface area contributed by atoms with Crippen molar-refractivity contribution in [1.29, 1.82) is 0 Å². The molecule has 1 aromatic carbocycles. The lowest BCUT2D eigenvalue weighted by Crippen LogP contribution is -2.68. The zero-order valence-electron chi connectivity index (χ0n) is 25.0. The first kappa shape index (κ1) is 36.2. The molecule has 48 heavy (non-hydrogen) atoms. The van der Waals surface area contributed by atoms with Crippen LogP contribution in [-0.2, 0) is 20.9 Å². The molecule has 21 heteroatoms. The summed E-state index contributed by atoms with van der Waals surface area (Å²) in [7, 11) is 0. The molecule has 4 rings (SSSR count). The van der Waals surface area contributed by atoms with Crippen LogP contribution in [0.1, 0.15) is 47.6 Å². The minimum absolute atomic E-state index is 0.0106. The second-order valence-corrected chi connectivity index (χ2v) is 11.7. The van der Waals surface area contributed by atoms with Crippen LogP contribution in [0.3, 0.4) is 0 Å². The van der Waals surface area contributed by atoms with E-state index >= 15 is 0 Å². The van der Waals surface area contributed by atoms with E-state index in [1.807, 2.05) is 0 Å². The number of carbonyl (C=O) groups is 3. The molecular weight excluding hydrogens is 670 g/mol. The van der Waals surface area contributed by atoms with Gasteiger partial charge in [-0.05, 0) is 25.1 Å². The van der Waals surface area contributed by atoms with Crippen LogP contribution in [0.15, 0.2) is 30.5 Å². The molecule has 0 spiro atoms. The Bertz CT molecular complexity index is 1690. The number of ketones is 1. The summed E-state index contributed by atoms with van der Waals surface area (Å²) in [5.74, 6) is -6.61. The third-order valence-corrected chi connectivity index (χ3v) is 8.36. The lowest BCUT2D eigenvalue weighted by molar-refractivity contribution is -0.383. The summed E-state index contributed by atoms with van der Waals surface area (Å²) >= 11 is 0.870. The number of ether oxygens (including phenoxy) is 2. The SMILES string of the molecule is CC(=O)N[C@H]1[C@H]([C@H](O)[C@H](O)CO)O[C@@](Oc2ccc(-n3cc(CNc4sc(C(C)=O)cc4[N+](=O)[O-])nn3)cc2C(F)F)(C(=O)O)C[C@@H]1O. The van der Waals surface area contributed by atoms with Gasteiger partial charge in [0.05, 0.1) is 59.0 Å². The fourth-order valence-corrected chi connectivity index (χ4v) is 5.76. The Kier molecular flexibility index (Phi) is 11.0. The highest BCUT2D eigenvalue weighted by atomic mass is 32.1. The maximum atomic E-state index is 14.3. The summed E-state index contributed by atoms with van der Waals surface area (Å²) < 4.78 is 40.7. The Morgan fingerprint density at radius 1 is 1.27 bits per heavy atom. The number of aromatic nitrogens is 3. The van der Waals surface area contributed by atoms with Crippen LogP contribution in [0, 0.1) is 10.1 Å². The van der Waals surface area contributed by atoms with E-state index in [4.69, 9.17) is 9.47 Å². The topological polar surface area (TPSA) is 269 Å². The monoisotopic (exact) mass is 700 g/mol. The van der Waals surface area contributed by atoms with E-state index in [0.29, 0.717) is 0 Å². The number of hydrogen-bond acceptors (Lipinski definition) is 15. The number of halogens is 2. The number of carbonyl (C=O) groups excluding carboxylic acids is 2. The van der Waals surface area contributed by atoms with E-state index in [0.717, 1.165) is 41.1 Å². The smallest absolute Gasteiger partial charge is 0.377 e. The zero-order valence-corrected chi connectivity index (χ0v) is 25.8. The van der Waals surface area contributed by atoms with Crippen molar-refractivity contribution < 1.29 is 63.1 Å². The van der Waals surface area contributed by atoms with Crippen LogP contribution >= 0.6 is 11.3 Å². The molecule has 3 aromatic rings. The fourth-order valence-electron chi connectivity index (χ4n) is 4.84. The van der Waals surface area contributed by atoms with E-state index in [2.05, 4.69) is 20.9 Å². The van der Waals surface area contributed by atoms with E-state index in [1.165, 1.54) is 19.2 Å². The summed E-state index contributed by atoms with van der Waals surface area (Å²) in [5, 5.41) is 75.1. The number of amides is 1. The highest BCUT2D eigenvalue weighted by Crippen LogP contribution is 2.39. The molecule has 0 aliphatic carbocycles. The van der Waals surface area contributed by atoms with Gasteiger partial charge in [-0.1, -0.05) is 5.21 Å². The van der Waals surface area contributed by atoms with E-state index in [1.54, 1.807) is 0 Å². The number of alkyl halides is 2. The molecule has 0 bridgehead atoms.